The zero-order chi connectivity index (χ0) is 32.5. The Morgan fingerprint density at radius 2 is 1.56 bits per heavy atom. The van der Waals surface area contributed by atoms with Crippen LogP contribution in [0.4, 0.5) is 10.5 Å². The van der Waals surface area contributed by atoms with E-state index in [1.54, 1.807) is 57.0 Å². The number of rotatable bonds is 13. The molecule has 0 aromatic heterocycles. The number of benzene rings is 2. The number of nitrogens with zero attached hydrogens (tertiary/aromatic N) is 1. The Kier molecular flexibility index (Phi) is 13.1. The van der Waals surface area contributed by atoms with Crippen molar-refractivity contribution >= 4 is 23.6 Å². The Labute approximate surface area is 258 Å². The number of anilines is 1. The van der Waals surface area contributed by atoms with Crippen molar-refractivity contribution in [2.24, 2.45) is 11.8 Å². The monoisotopic (exact) mass is 595 g/mol. The maximum atomic E-state index is 14.7. The summed E-state index contributed by atoms with van der Waals surface area (Å²) in [5.41, 5.74) is 2.57. The molecule has 0 fully saturated rings. The highest BCUT2D eigenvalue weighted by molar-refractivity contribution is 5.99. The van der Waals surface area contributed by atoms with Crippen molar-refractivity contribution in [1.29, 1.82) is 0 Å². The van der Waals surface area contributed by atoms with Gasteiger partial charge in [0.25, 0.3) is 5.91 Å². The second kappa shape index (κ2) is 15.8. The predicted octanol–water partition coefficient (Wildman–Crippen LogP) is 7.58. The first-order valence-electron chi connectivity index (χ1n) is 15.4. The smallest absolute Gasteiger partial charge is 0.408 e. The van der Waals surface area contributed by atoms with Gasteiger partial charge >= 0.3 is 6.09 Å². The number of aryl methyl sites for hydroxylation is 1. The number of alkyl carbamates (subject to hydrolysis) is 1. The van der Waals surface area contributed by atoms with Crippen molar-refractivity contribution in [1.82, 2.24) is 10.2 Å². The molecule has 0 saturated carbocycles. The van der Waals surface area contributed by atoms with E-state index in [4.69, 9.17) is 9.47 Å². The van der Waals surface area contributed by atoms with Crippen LogP contribution in [-0.2, 0) is 14.3 Å². The van der Waals surface area contributed by atoms with Crippen LogP contribution in [0, 0.1) is 25.7 Å². The zero-order valence-electron chi connectivity index (χ0n) is 28.0. The minimum atomic E-state index is -0.941. The molecule has 2 aromatic rings. The first-order valence-corrected chi connectivity index (χ1v) is 15.4. The number of carbonyl (C=O) groups excluding carboxylic acids is 3. The topological polar surface area (TPSA) is 97.0 Å². The van der Waals surface area contributed by atoms with Gasteiger partial charge in [-0.1, -0.05) is 52.3 Å². The van der Waals surface area contributed by atoms with Gasteiger partial charge in [-0.2, -0.15) is 0 Å². The van der Waals surface area contributed by atoms with Crippen molar-refractivity contribution in [3.63, 3.8) is 0 Å². The van der Waals surface area contributed by atoms with Gasteiger partial charge in [0.15, 0.2) is 0 Å². The molecule has 43 heavy (non-hydrogen) atoms. The number of hydrogen-bond donors (Lipinski definition) is 2. The molecule has 4 atom stereocenters. The van der Waals surface area contributed by atoms with E-state index in [9.17, 15) is 14.4 Å². The average Bonchev–Trinajstić information content (AvgIpc) is 2.93. The number of nitrogens with one attached hydrogen (secondary N) is 2. The Morgan fingerprint density at radius 3 is 2.09 bits per heavy atom. The van der Waals surface area contributed by atoms with E-state index in [1.807, 2.05) is 52.8 Å². The highest BCUT2D eigenvalue weighted by atomic mass is 16.6. The molecular formula is C35H53N3O5. The second-order valence-corrected chi connectivity index (χ2v) is 13.0. The average molecular weight is 596 g/mol. The van der Waals surface area contributed by atoms with Crippen LogP contribution in [0.5, 0.6) is 5.75 Å². The Morgan fingerprint density at radius 1 is 0.930 bits per heavy atom. The fourth-order valence-electron chi connectivity index (χ4n) is 4.96. The lowest BCUT2D eigenvalue weighted by molar-refractivity contribution is -0.144. The molecule has 3 amide bonds. The van der Waals surface area contributed by atoms with E-state index in [2.05, 4.69) is 24.5 Å². The molecule has 0 aliphatic rings. The molecule has 0 saturated heterocycles. The van der Waals surface area contributed by atoms with Gasteiger partial charge in [0, 0.05) is 11.7 Å². The molecule has 0 bridgehead atoms. The Bertz CT molecular complexity index is 1220. The number of ether oxygens (including phenoxy) is 2. The number of hydrogen-bond acceptors (Lipinski definition) is 5. The maximum absolute atomic E-state index is 14.7. The van der Waals surface area contributed by atoms with Gasteiger partial charge < -0.3 is 25.0 Å². The van der Waals surface area contributed by atoms with E-state index in [1.165, 1.54) is 0 Å². The SMILES string of the molecule is CCC(C)C(NC(=O)OC(C)(C)C)C(=O)N(C(C)CCC(C)C)C(C(=O)Nc1ccc(OC)cc1)c1cccc(C)c1C. The summed E-state index contributed by atoms with van der Waals surface area (Å²) in [6.07, 6.45) is 1.55. The summed E-state index contributed by atoms with van der Waals surface area (Å²) in [5, 5.41) is 5.91. The summed E-state index contributed by atoms with van der Waals surface area (Å²) >= 11 is 0. The molecule has 238 valence electrons. The van der Waals surface area contributed by atoms with Gasteiger partial charge in [0.2, 0.25) is 5.91 Å². The van der Waals surface area contributed by atoms with Crippen LogP contribution >= 0.6 is 0 Å². The van der Waals surface area contributed by atoms with E-state index < -0.39 is 23.8 Å². The van der Waals surface area contributed by atoms with Crippen molar-refractivity contribution in [2.45, 2.75) is 112 Å². The van der Waals surface area contributed by atoms with Crippen LogP contribution in [0.25, 0.3) is 0 Å². The fourth-order valence-corrected chi connectivity index (χ4v) is 4.96. The maximum Gasteiger partial charge on any atom is 0.408 e. The minimum absolute atomic E-state index is 0.205. The summed E-state index contributed by atoms with van der Waals surface area (Å²) < 4.78 is 10.8. The molecule has 2 aromatic carbocycles. The molecule has 0 aliphatic carbocycles. The minimum Gasteiger partial charge on any atom is -0.497 e. The normalized spacial score (nSPS) is 14.3. The van der Waals surface area contributed by atoms with Crippen LogP contribution in [0.1, 0.15) is 97.4 Å². The standard InChI is InChI=1S/C35H53N3O5/c1-12-23(4)30(37-34(41)43-35(8,9)10)33(40)38(25(6)17-16-22(2)3)31(29-15-13-14-24(5)26(29)7)32(39)36-27-18-20-28(42-11)21-19-27/h13-15,18-23,25,30-31H,12,16-17H2,1-11H3,(H,36,39)(H,37,41). The summed E-state index contributed by atoms with van der Waals surface area (Å²) in [7, 11) is 1.59. The fraction of sp³-hybridized carbons (Fsp3) is 0.571. The highest BCUT2D eigenvalue weighted by Crippen LogP contribution is 2.32. The van der Waals surface area contributed by atoms with Crippen molar-refractivity contribution in [3.05, 3.63) is 59.2 Å². The lowest BCUT2D eigenvalue weighted by atomic mass is 9.91. The molecule has 0 heterocycles. The van der Waals surface area contributed by atoms with Crippen LogP contribution in [0.2, 0.25) is 0 Å². The summed E-state index contributed by atoms with van der Waals surface area (Å²) in [5.74, 6) is 0.240. The molecule has 0 spiro atoms. The third kappa shape index (κ3) is 10.3. The lowest BCUT2D eigenvalue weighted by Gasteiger charge is -2.40. The number of methoxy groups -OCH3 is 1. The highest BCUT2D eigenvalue weighted by Gasteiger charge is 2.41. The van der Waals surface area contributed by atoms with Gasteiger partial charge in [0.1, 0.15) is 23.4 Å². The summed E-state index contributed by atoms with van der Waals surface area (Å²) in [6.45, 7) is 19.5. The van der Waals surface area contributed by atoms with Gasteiger partial charge in [0.05, 0.1) is 7.11 Å². The van der Waals surface area contributed by atoms with Crippen molar-refractivity contribution in [3.8, 4) is 5.75 Å². The number of amides is 3. The lowest BCUT2D eigenvalue weighted by Crippen LogP contribution is -2.57. The van der Waals surface area contributed by atoms with E-state index >= 15 is 0 Å². The Hall–Kier alpha value is -3.55. The molecule has 0 radical (unpaired) electrons. The molecule has 0 aliphatic heterocycles. The number of carbonyl (C=O) groups is 3. The first-order chi connectivity index (χ1) is 20.1. The van der Waals surface area contributed by atoms with Crippen LogP contribution in [-0.4, -0.2) is 47.6 Å². The van der Waals surface area contributed by atoms with Crippen molar-refractivity contribution < 1.29 is 23.9 Å². The predicted molar refractivity (Wildman–Crippen MR) is 173 cm³/mol. The molecule has 8 nitrogen and oxygen atoms in total. The Balaban J connectivity index is 2.70. The first kappa shape index (κ1) is 35.6. The van der Waals surface area contributed by atoms with Crippen LogP contribution in [0.3, 0.4) is 0 Å². The van der Waals surface area contributed by atoms with E-state index in [0.29, 0.717) is 30.2 Å². The third-order valence-electron chi connectivity index (χ3n) is 7.87. The second-order valence-electron chi connectivity index (χ2n) is 13.0. The van der Waals surface area contributed by atoms with Gasteiger partial charge in [-0.05, 0) is 107 Å². The van der Waals surface area contributed by atoms with E-state index in [-0.39, 0.29) is 23.8 Å². The summed E-state index contributed by atoms with van der Waals surface area (Å²) in [6, 6.07) is 10.8. The zero-order valence-corrected chi connectivity index (χ0v) is 28.0. The van der Waals surface area contributed by atoms with Crippen LogP contribution in [0.15, 0.2) is 42.5 Å². The quantitative estimate of drug-likeness (QED) is 0.249. The third-order valence-corrected chi connectivity index (χ3v) is 7.87. The van der Waals surface area contributed by atoms with Crippen molar-refractivity contribution in [2.75, 3.05) is 12.4 Å². The molecule has 8 heteroatoms. The van der Waals surface area contributed by atoms with Gasteiger partial charge in [-0.3, -0.25) is 9.59 Å². The van der Waals surface area contributed by atoms with Gasteiger partial charge in [-0.15, -0.1) is 0 Å². The molecular weight excluding hydrogens is 542 g/mol. The van der Waals surface area contributed by atoms with E-state index in [0.717, 1.165) is 23.1 Å². The van der Waals surface area contributed by atoms with Gasteiger partial charge in [-0.25, -0.2) is 4.79 Å². The summed E-state index contributed by atoms with van der Waals surface area (Å²) in [4.78, 5) is 43.8. The molecule has 4 unspecified atom stereocenters. The van der Waals surface area contributed by atoms with Crippen LogP contribution < -0.4 is 15.4 Å². The largest absolute Gasteiger partial charge is 0.497 e. The molecule has 2 rings (SSSR count). The molecule has 2 N–H and O–H groups in total.